The zero-order valence-electron chi connectivity index (χ0n) is 9.18. The molecule has 1 N–H and O–H groups in total. The maximum atomic E-state index is 4.61. The van der Waals surface area contributed by atoms with Gasteiger partial charge in [-0.3, -0.25) is 0 Å². The zero-order chi connectivity index (χ0) is 11.0. The lowest BCUT2D eigenvalue weighted by Gasteiger charge is -2.02. The van der Waals surface area contributed by atoms with E-state index in [0.717, 1.165) is 22.9 Å². The largest absolute Gasteiger partial charge is 0.326 e. The minimum absolute atomic E-state index is 0.661. The van der Waals surface area contributed by atoms with Gasteiger partial charge in [0, 0.05) is 18.0 Å². The fraction of sp³-hybridized carbons (Fsp3) is 0.455. The van der Waals surface area contributed by atoms with Crippen LogP contribution in [0.4, 0.5) is 0 Å². The van der Waals surface area contributed by atoms with Gasteiger partial charge in [-0.25, -0.2) is 9.97 Å². The highest BCUT2D eigenvalue weighted by atomic mass is 32.1. The summed E-state index contributed by atoms with van der Waals surface area (Å²) in [6, 6.07) is 0.661. The number of hydrogen-bond donors (Lipinski definition) is 1. The molecule has 0 saturated heterocycles. The lowest BCUT2D eigenvalue weighted by atomic mass is 10.4. The van der Waals surface area contributed by atoms with Gasteiger partial charge in [-0.05, 0) is 19.9 Å². The van der Waals surface area contributed by atoms with Gasteiger partial charge in [0.25, 0.3) is 0 Å². The third-order valence-electron chi connectivity index (χ3n) is 2.74. The average molecular weight is 234 g/mol. The molecule has 1 fully saturated rings. The molecule has 0 radical (unpaired) electrons. The van der Waals surface area contributed by atoms with E-state index in [1.807, 2.05) is 19.6 Å². The summed E-state index contributed by atoms with van der Waals surface area (Å²) in [5.74, 6) is 0. The third kappa shape index (κ3) is 1.76. The molecule has 1 aliphatic rings. The van der Waals surface area contributed by atoms with E-state index in [9.17, 15) is 0 Å². The van der Waals surface area contributed by atoms with Gasteiger partial charge in [0.15, 0.2) is 0 Å². The van der Waals surface area contributed by atoms with Crippen LogP contribution < -0.4 is 5.32 Å². The molecule has 0 aromatic carbocycles. The first-order chi connectivity index (χ1) is 7.88. The lowest BCUT2D eigenvalue weighted by molar-refractivity contribution is 0.745. The van der Waals surface area contributed by atoms with Gasteiger partial charge in [-0.15, -0.1) is 11.3 Å². The topological polar surface area (TPSA) is 42.7 Å². The van der Waals surface area contributed by atoms with E-state index in [4.69, 9.17) is 0 Å². The van der Waals surface area contributed by atoms with Crippen molar-refractivity contribution < 1.29 is 0 Å². The van der Waals surface area contributed by atoms with Crippen molar-refractivity contribution in [3.05, 3.63) is 23.6 Å². The molecule has 0 unspecified atom stereocenters. The lowest BCUT2D eigenvalue weighted by Crippen LogP contribution is -2.05. The fourth-order valence-electron chi connectivity index (χ4n) is 1.80. The van der Waals surface area contributed by atoms with Gasteiger partial charge < -0.3 is 9.88 Å². The Morgan fingerprint density at radius 2 is 2.44 bits per heavy atom. The summed E-state index contributed by atoms with van der Waals surface area (Å²) in [6.45, 7) is 0.827. The summed E-state index contributed by atoms with van der Waals surface area (Å²) in [5.41, 5.74) is 2.26. The Hall–Kier alpha value is -1.20. The Morgan fingerprint density at radius 1 is 1.56 bits per heavy atom. The summed E-state index contributed by atoms with van der Waals surface area (Å²) >= 11 is 1.69. The Kier molecular flexibility index (Phi) is 2.49. The molecule has 5 heteroatoms. The molecule has 0 bridgehead atoms. The first kappa shape index (κ1) is 9.99. The quantitative estimate of drug-likeness (QED) is 0.880. The summed E-state index contributed by atoms with van der Waals surface area (Å²) in [4.78, 5) is 8.84. The second-order valence-corrected chi connectivity index (χ2v) is 4.95. The van der Waals surface area contributed by atoms with Crippen molar-refractivity contribution in [1.82, 2.24) is 19.9 Å². The van der Waals surface area contributed by atoms with Crippen molar-refractivity contribution >= 4 is 11.3 Å². The van der Waals surface area contributed by atoms with E-state index >= 15 is 0 Å². The second-order valence-electron chi connectivity index (χ2n) is 4.09. The fourth-order valence-corrected chi connectivity index (χ4v) is 2.63. The van der Waals surface area contributed by atoms with Crippen molar-refractivity contribution in [2.24, 2.45) is 0 Å². The van der Waals surface area contributed by atoms with E-state index in [1.165, 1.54) is 12.8 Å². The van der Waals surface area contributed by atoms with Crippen LogP contribution in [0.15, 0.2) is 17.9 Å². The number of nitrogens with one attached hydrogen (secondary N) is 1. The molecule has 1 saturated carbocycles. The van der Waals surface area contributed by atoms with Crippen molar-refractivity contribution in [1.29, 1.82) is 0 Å². The summed E-state index contributed by atoms with van der Waals surface area (Å²) < 4.78 is 2.25. The van der Waals surface area contributed by atoms with Gasteiger partial charge in [0.2, 0.25) is 0 Å². The van der Waals surface area contributed by atoms with Crippen LogP contribution in [0.25, 0.3) is 10.7 Å². The minimum Gasteiger partial charge on any atom is -0.326 e. The first-order valence-corrected chi connectivity index (χ1v) is 6.37. The molecule has 0 spiro atoms. The van der Waals surface area contributed by atoms with Crippen molar-refractivity contribution in [2.75, 3.05) is 7.05 Å². The predicted molar refractivity (Wildman–Crippen MR) is 64.4 cm³/mol. The highest BCUT2D eigenvalue weighted by Crippen LogP contribution is 2.38. The van der Waals surface area contributed by atoms with Crippen LogP contribution in [0.3, 0.4) is 0 Å². The zero-order valence-corrected chi connectivity index (χ0v) is 10.00. The number of hydrogen-bond acceptors (Lipinski definition) is 4. The maximum Gasteiger partial charge on any atom is 0.141 e. The number of thiazole rings is 1. The molecule has 16 heavy (non-hydrogen) atoms. The van der Waals surface area contributed by atoms with Crippen LogP contribution in [0.1, 0.15) is 24.6 Å². The van der Waals surface area contributed by atoms with Crippen LogP contribution >= 0.6 is 11.3 Å². The highest BCUT2D eigenvalue weighted by molar-refractivity contribution is 7.13. The minimum atomic E-state index is 0.661. The smallest absolute Gasteiger partial charge is 0.141 e. The Morgan fingerprint density at radius 3 is 3.19 bits per heavy atom. The molecule has 2 aromatic heterocycles. The Labute approximate surface area is 98.4 Å². The van der Waals surface area contributed by atoms with Gasteiger partial charge >= 0.3 is 0 Å². The Bertz CT molecular complexity index is 484. The number of imidazole rings is 1. The van der Waals surface area contributed by atoms with E-state index in [2.05, 4.69) is 25.2 Å². The SMILES string of the molecule is CNCc1csc(-c2cncn2C2CC2)n1. The molecular weight excluding hydrogens is 220 g/mol. The molecule has 4 nitrogen and oxygen atoms in total. The van der Waals surface area contributed by atoms with Crippen LogP contribution in [0, 0.1) is 0 Å². The van der Waals surface area contributed by atoms with Crippen molar-refractivity contribution in [2.45, 2.75) is 25.4 Å². The van der Waals surface area contributed by atoms with E-state index in [0.29, 0.717) is 6.04 Å². The van der Waals surface area contributed by atoms with Gasteiger partial charge in [0.05, 0.1) is 23.9 Å². The molecule has 2 heterocycles. The predicted octanol–water partition coefficient (Wildman–Crippen LogP) is 2.06. The number of nitrogens with zero attached hydrogens (tertiary/aromatic N) is 3. The number of aromatic nitrogens is 3. The summed E-state index contributed by atoms with van der Waals surface area (Å²) in [5, 5.41) is 6.30. The van der Waals surface area contributed by atoms with Crippen LogP contribution in [-0.2, 0) is 6.54 Å². The van der Waals surface area contributed by atoms with Crippen molar-refractivity contribution in [3.63, 3.8) is 0 Å². The molecule has 1 aliphatic carbocycles. The van der Waals surface area contributed by atoms with E-state index in [-0.39, 0.29) is 0 Å². The molecular formula is C11H14N4S. The van der Waals surface area contributed by atoms with Gasteiger partial charge in [-0.2, -0.15) is 0 Å². The average Bonchev–Trinajstić information content (AvgIpc) is 2.84. The third-order valence-corrected chi connectivity index (χ3v) is 3.65. The van der Waals surface area contributed by atoms with Crippen LogP contribution in [0.2, 0.25) is 0 Å². The van der Waals surface area contributed by atoms with E-state index in [1.54, 1.807) is 11.3 Å². The number of rotatable bonds is 4. The molecule has 0 atom stereocenters. The molecule has 84 valence electrons. The summed E-state index contributed by atoms with van der Waals surface area (Å²) in [7, 11) is 1.94. The van der Waals surface area contributed by atoms with Crippen molar-refractivity contribution in [3.8, 4) is 10.7 Å². The maximum absolute atomic E-state index is 4.61. The molecule has 0 aliphatic heterocycles. The second kappa shape index (κ2) is 3.99. The highest BCUT2D eigenvalue weighted by Gasteiger charge is 2.26. The molecule has 2 aromatic rings. The summed E-state index contributed by atoms with van der Waals surface area (Å²) in [6.07, 6.45) is 6.39. The monoisotopic (exact) mass is 234 g/mol. The van der Waals surface area contributed by atoms with Gasteiger partial charge in [0.1, 0.15) is 5.01 Å². The first-order valence-electron chi connectivity index (χ1n) is 5.49. The van der Waals surface area contributed by atoms with Crippen LogP contribution in [0.5, 0.6) is 0 Å². The standard InChI is InChI=1S/C11H14N4S/c1-12-4-8-6-16-11(14-8)10-5-13-7-15(10)9-2-3-9/h5-7,9,12H,2-4H2,1H3. The Balaban J connectivity index is 1.91. The normalized spacial score (nSPS) is 15.6. The molecule has 3 rings (SSSR count). The van der Waals surface area contributed by atoms with E-state index < -0.39 is 0 Å². The van der Waals surface area contributed by atoms with Gasteiger partial charge in [-0.1, -0.05) is 0 Å². The van der Waals surface area contributed by atoms with Crippen LogP contribution in [-0.4, -0.2) is 21.6 Å². The molecule has 0 amide bonds.